The van der Waals surface area contributed by atoms with Gasteiger partial charge in [0.2, 0.25) is 5.95 Å². The van der Waals surface area contributed by atoms with Gasteiger partial charge >= 0.3 is 0 Å². The van der Waals surface area contributed by atoms with Crippen LogP contribution in [0.25, 0.3) is 5.32 Å². The van der Waals surface area contributed by atoms with Crippen molar-refractivity contribution in [3.05, 3.63) is 128 Å². The number of aromatic nitrogens is 2. The zero-order valence-electron chi connectivity index (χ0n) is 21.4. The smallest absolute Gasteiger partial charge is 0.259 e. The van der Waals surface area contributed by atoms with Gasteiger partial charge in [0.25, 0.3) is 5.56 Å². The van der Waals surface area contributed by atoms with Crippen LogP contribution in [0.4, 0.5) is 5.95 Å². The van der Waals surface area contributed by atoms with Crippen molar-refractivity contribution in [2.75, 3.05) is 12.3 Å². The predicted molar refractivity (Wildman–Crippen MR) is 148 cm³/mol. The van der Waals surface area contributed by atoms with Crippen LogP contribution in [-0.4, -0.2) is 21.2 Å². The molecule has 0 atom stereocenters. The molecule has 191 valence electrons. The molecule has 1 aromatic heterocycles. The van der Waals surface area contributed by atoms with Crippen molar-refractivity contribution in [1.29, 1.82) is 0 Å². The van der Waals surface area contributed by atoms with Gasteiger partial charge in [-0.3, -0.25) is 9.36 Å². The quantitative estimate of drug-likeness (QED) is 0.293. The van der Waals surface area contributed by atoms with Crippen molar-refractivity contribution < 1.29 is 37.8 Å². The molecule has 0 amide bonds. The Hall–Kier alpha value is -2.51. The fourth-order valence-electron chi connectivity index (χ4n) is 4.01. The van der Waals surface area contributed by atoms with Gasteiger partial charge in [-0.05, 0) is 42.2 Å². The van der Waals surface area contributed by atoms with E-state index in [9.17, 15) is 4.79 Å². The zero-order chi connectivity index (χ0) is 26.1. The number of aryl methyl sites for hydroxylation is 1. The second-order valence-electron chi connectivity index (χ2n) is 8.10. The van der Waals surface area contributed by atoms with Crippen molar-refractivity contribution in [3.8, 4) is 5.75 Å². The van der Waals surface area contributed by atoms with E-state index in [0.29, 0.717) is 30.2 Å². The maximum absolute atomic E-state index is 13.2. The van der Waals surface area contributed by atoms with Gasteiger partial charge in [-0.2, -0.15) is 0 Å². The van der Waals surface area contributed by atoms with Crippen LogP contribution < -0.4 is 11.3 Å². The molecular weight excluding hydrogens is 561 g/mol. The van der Waals surface area contributed by atoms with E-state index in [4.69, 9.17) is 22.4 Å². The average Bonchev–Trinajstić information content (AvgIpc) is 2.91. The van der Waals surface area contributed by atoms with Crippen LogP contribution in [0, 0.1) is 6.92 Å². The second-order valence-corrected chi connectivity index (χ2v) is 8.51. The van der Waals surface area contributed by atoms with E-state index < -0.39 is 0 Å². The Morgan fingerprint density at radius 1 is 1.00 bits per heavy atom. The number of aromatic hydroxyl groups is 1. The minimum absolute atomic E-state index is 0. The van der Waals surface area contributed by atoms with Crippen molar-refractivity contribution in [1.82, 2.24) is 9.55 Å². The number of anilines is 1. The third kappa shape index (κ3) is 7.74. The number of nitrogen functional groups attached to an aromatic ring is 1. The molecule has 4 aromatic rings. The molecular formula is C29H32ClN4O2Y-. The fraction of sp³-hybridized carbons (Fsp3) is 0.241. The third-order valence-electron chi connectivity index (χ3n) is 5.70. The minimum Gasteiger partial charge on any atom is -0.657 e. The Morgan fingerprint density at radius 2 is 1.57 bits per heavy atom. The third-order valence-corrected chi connectivity index (χ3v) is 6.00. The monoisotopic (exact) mass is 592 g/mol. The summed E-state index contributed by atoms with van der Waals surface area (Å²) in [5, 5.41) is 13.6. The number of hydrogen-bond donors (Lipinski definition) is 2. The summed E-state index contributed by atoms with van der Waals surface area (Å²) in [5.74, 6) is 0.376. The molecule has 8 heteroatoms. The number of nitrogens with zero attached hydrogens (tertiary/aromatic N) is 3. The Bertz CT molecular complexity index is 1290. The first-order valence-corrected chi connectivity index (χ1v) is 12.4. The summed E-state index contributed by atoms with van der Waals surface area (Å²) in [6.45, 7) is 7.05. The summed E-state index contributed by atoms with van der Waals surface area (Å²) in [6, 6.07) is 24.7. The molecule has 1 aliphatic heterocycles. The van der Waals surface area contributed by atoms with Crippen molar-refractivity contribution in [2.24, 2.45) is 0 Å². The van der Waals surface area contributed by atoms with E-state index in [1.165, 1.54) is 0 Å². The fourth-order valence-corrected chi connectivity index (χ4v) is 4.25. The number of halogens is 1. The van der Waals surface area contributed by atoms with Gasteiger partial charge in [-0.1, -0.05) is 92.2 Å². The van der Waals surface area contributed by atoms with Gasteiger partial charge < -0.3 is 16.2 Å². The first-order valence-electron chi connectivity index (χ1n) is 12.0. The Kier molecular flexibility index (Phi) is 12.5. The summed E-state index contributed by atoms with van der Waals surface area (Å²) < 4.78 is 1.62. The normalized spacial score (nSPS) is 11.7. The van der Waals surface area contributed by atoms with Crippen LogP contribution in [0.5, 0.6) is 5.75 Å². The zero-order valence-corrected chi connectivity index (χ0v) is 25.0. The SMILES string of the molecule is CC.Cc1ccc(O)c(Cl)c1.Nc1nc2c(c(=O)n1C(c1ccccc1)c1ccccc1)CC[N-]C2.[Y]. The van der Waals surface area contributed by atoms with Crippen LogP contribution in [0.1, 0.15) is 47.8 Å². The molecule has 37 heavy (non-hydrogen) atoms. The number of fused-ring (bicyclic) bond motifs is 1. The summed E-state index contributed by atoms with van der Waals surface area (Å²) in [4.78, 5) is 17.7. The number of rotatable bonds is 3. The molecule has 0 saturated heterocycles. The minimum atomic E-state index is -0.299. The maximum atomic E-state index is 13.2. The predicted octanol–water partition coefficient (Wildman–Crippen LogP) is 6.27. The molecule has 3 N–H and O–H groups in total. The number of hydrogen-bond acceptors (Lipinski definition) is 4. The van der Waals surface area contributed by atoms with Gasteiger partial charge in [0.05, 0.1) is 11.1 Å². The summed E-state index contributed by atoms with van der Waals surface area (Å²) in [6.07, 6.45) is 0.623. The van der Waals surface area contributed by atoms with Crippen LogP contribution in [0.3, 0.4) is 0 Å². The van der Waals surface area contributed by atoms with Gasteiger partial charge in [0.15, 0.2) is 0 Å². The number of phenols is 1. The van der Waals surface area contributed by atoms with E-state index in [0.717, 1.165) is 22.3 Å². The Morgan fingerprint density at radius 3 is 2.08 bits per heavy atom. The molecule has 0 unspecified atom stereocenters. The first-order chi connectivity index (χ1) is 17.5. The van der Waals surface area contributed by atoms with E-state index in [-0.39, 0.29) is 56.0 Å². The molecule has 2 heterocycles. The van der Waals surface area contributed by atoms with Crippen LogP contribution >= 0.6 is 11.6 Å². The standard InChI is InChI=1S/C20H19N4O.C7H7ClO.C2H6.Y/c21-20-23-17-13-22-12-11-16(17)19(25)24(20)18(14-7-3-1-4-8-14)15-9-5-2-6-10-15;1-5-2-3-7(9)6(8)4-5;1-2;/h1-10,18H,11-13H2,(H2,21,23);2-4,9H,1H3;1-2H3;/q-1;;;. The van der Waals surface area contributed by atoms with Gasteiger partial charge in [-0.15, -0.1) is 13.1 Å². The van der Waals surface area contributed by atoms with E-state index in [1.807, 2.05) is 81.4 Å². The molecule has 1 aliphatic rings. The van der Waals surface area contributed by atoms with Crippen molar-refractivity contribution in [3.63, 3.8) is 0 Å². The van der Waals surface area contributed by atoms with Gasteiger partial charge in [0, 0.05) is 44.0 Å². The van der Waals surface area contributed by atoms with Crippen molar-refractivity contribution in [2.45, 2.75) is 39.8 Å². The Balaban J connectivity index is 0.000000340. The summed E-state index contributed by atoms with van der Waals surface area (Å²) in [5.41, 5.74) is 10.7. The maximum Gasteiger partial charge on any atom is 0.259 e. The van der Waals surface area contributed by atoms with E-state index in [2.05, 4.69) is 10.3 Å². The average molecular weight is 593 g/mol. The molecule has 3 aromatic carbocycles. The topological polar surface area (TPSA) is 95.2 Å². The largest absolute Gasteiger partial charge is 0.657 e. The summed E-state index contributed by atoms with van der Waals surface area (Å²) in [7, 11) is 0. The van der Waals surface area contributed by atoms with Crippen molar-refractivity contribution >= 4 is 17.5 Å². The molecule has 0 aliphatic carbocycles. The first kappa shape index (κ1) is 30.7. The second kappa shape index (κ2) is 15.0. The molecule has 0 fully saturated rings. The van der Waals surface area contributed by atoms with Gasteiger partial charge in [-0.25, -0.2) is 4.98 Å². The molecule has 6 nitrogen and oxygen atoms in total. The van der Waals surface area contributed by atoms with E-state index >= 15 is 0 Å². The number of nitrogens with two attached hydrogens (primary N) is 1. The number of phenolic OH excluding ortho intramolecular Hbond substituents is 1. The number of benzene rings is 3. The van der Waals surface area contributed by atoms with Crippen LogP contribution in [0.15, 0.2) is 83.7 Å². The Labute approximate surface area is 248 Å². The van der Waals surface area contributed by atoms with E-state index in [1.54, 1.807) is 22.8 Å². The van der Waals surface area contributed by atoms with Crippen LogP contribution in [0.2, 0.25) is 5.02 Å². The molecule has 0 saturated carbocycles. The van der Waals surface area contributed by atoms with Crippen LogP contribution in [-0.2, 0) is 45.7 Å². The molecule has 0 spiro atoms. The molecule has 0 bridgehead atoms. The molecule has 1 radical (unpaired) electrons. The van der Waals surface area contributed by atoms with Gasteiger partial charge in [0.1, 0.15) is 5.75 Å². The molecule has 5 rings (SSSR count). The summed E-state index contributed by atoms with van der Waals surface area (Å²) >= 11 is 5.56.